The van der Waals surface area contributed by atoms with Crippen LogP contribution >= 0.6 is 0 Å². The van der Waals surface area contributed by atoms with E-state index < -0.39 is 0 Å². The van der Waals surface area contributed by atoms with Gasteiger partial charge in [-0.3, -0.25) is 9.59 Å². The molecular formula is C20H24N4O3. The van der Waals surface area contributed by atoms with Crippen LogP contribution in [0.25, 0.3) is 11.0 Å². The first-order valence-corrected chi connectivity index (χ1v) is 8.91. The molecular weight excluding hydrogens is 344 g/mol. The number of rotatable bonds is 6. The number of hydrogen-bond donors (Lipinski definition) is 1. The topological polar surface area (TPSA) is 80.4 Å². The first kappa shape index (κ1) is 18.7. The highest BCUT2D eigenvalue weighted by Gasteiger charge is 2.19. The minimum absolute atomic E-state index is 0.0227. The van der Waals surface area contributed by atoms with Crippen LogP contribution in [0.5, 0.6) is 0 Å². The summed E-state index contributed by atoms with van der Waals surface area (Å²) in [5, 5.41) is 7.66. The highest BCUT2D eigenvalue weighted by Crippen LogP contribution is 2.20. The first-order chi connectivity index (χ1) is 12.9. The fourth-order valence-electron chi connectivity index (χ4n) is 2.97. The van der Waals surface area contributed by atoms with Crippen LogP contribution < -0.4 is 5.32 Å². The second-order valence-electron chi connectivity index (χ2n) is 6.79. The molecule has 0 saturated carbocycles. The van der Waals surface area contributed by atoms with Gasteiger partial charge in [-0.05, 0) is 50.6 Å². The molecule has 0 saturated heterocycles. The molecule has 1 unspecified atom stereocenters. The van der Waals surface area contributed by atoms with Crippen LogP contribution in [-0.4, -0.2) is 46.1 Å². The monoisotopic (exact) mass is 368 g/mol. The average molecular weight is 368 g/mol. The van der Waals surface area contributed by atoms with Crippen molar-refractivity contribution in [2.24, 2.45) is 7.05 Å². The summed E-state index contributed by atoms with van der Waals surface area (Å²) in [7, 11) is 3.61. The molecule has 142 valence electrons. The summed E-state index contributed by atoms with van der Waals surface area (Å²) in [6.45, 7) is 4.31. The summed E-state index contributed by atoms with van der Waals surface area (Å²) in [5.74, 6) is -0.184. The van der Waals surface area contributed by atoms with E-state index in [1.165, 1.54) is 0 Å². The molecule has 0 aliphatic heterocycles. The lowest BCUT2D eigenvalue weighted by molar-refractivity contribution is 0.0737. The number of amides is 2. The summed E-state index contributed by atoms with van der Waals surface area (Å²) in [5.41, 5.74) is 2.64. The highest BCUT2D eigenvalue weighted by atomic mass is 16.5. The molecule has 7 nitrogen and oxygen atoms in total. The van der Waals surface area contributed by atoms with E-state index >= 15 is 0 Å². The van der Waals surface area contributed by atoms with E-state index in [4.69, 9.17) is 4.52 Å². The van der Waals surface area contributed by atoms with Crippen molar-refractivity contribution in [2.45, 2.75) is 26.3 Å². The number of aromatic nitrogens is 2. The predicted octanol–water partition coefficient (Wildman–Crippen LogP) is 2.76. The van der Waals surface area contributed by atoms with Gasteiger partial charge in [-0.15, -0.1) is 0 Å². The molecule has 0 spiro atoms. The minimum Gasteiger partial charge on any atom is -0.356 e. The molecule has 0 radical (unpaired) electrons. The highest BCUT2D eigenvalue weighted by molar-refractivity contribution is 5.98. The number of nitrogens with one attached hydrogen (secondary N) is 1. The average Bonchev–Trinajstić information content (AvgIpc) is 3.25. The van der Waals surface area contributed by atoms with Crippen LogP contribution in [0.3, 0.4) is 0 Å². The Morgan fingerprint density at radius 1 is 1.33 bits per heavy atom. The first-order valence-electron chi connectivity index (χ1n) is 8.91. The van der Waals surface area contributed by atoms with Gasteiger partial charge < -0.3 is 19.3 Å². The van der Waals surface area contributed by atoms with E-state index in [9.17, 15) is 9.59 Å². The third-order valence-corrected chi connectivity index (χ3v) is 4.90. The number of aryl methyl sites for hydroxylation is 2. The fourth-order valence-corrected chi connectivity index (χ4v) is 2.97. The maximum Gasteiger partial charge on any atom is 0.267 e. The zero-order chi connectivity index (χ0) is 19.6. The van der Waals surface area contributed by atoms with E-state index in [2.05, 4.69) is 10.5 Å². The lowest BCUT2D eigenvalue weighted by Crippen LogP contribution is -2.38. The molecule has 1 N–H and O–H groups in total. The molecule has 2 aromatic heterocycles. The Bertz CT molecular complexity index is 973. The quantitative estimate of drug-likeness (QED) is 0.725. The maximum absolute atomic E-state index is 12.8. The van der Waals surface area contributed by atoms with Crippen molar-refractivity contribution in [3.8, 4) is 0 Å². The van der Waals surface area contributed by atoms with E-state index in [1.807, 2.05) is 39.2 Å². The van der Waals surface area contributed by atoms with Gasteiger partial charge in [0.05, 0.1) is 5.69 Å². The molecule has 3 rings (SSSR count). The van der Waals surface area contributed by atoms with Crippen molar-refractivity contribution in [1.29, 1.82) is 0 Å². The van der Waals surface area contributed by atoms with E-state index in [-0.39, 0.29) is 17.9 Å². The molecule has 3 aromatic rings. The summed E-state index contributed by atoms with van der Waals surface area (Å²) in [6.07, 6.45) is 2.49. The number of carbonyl (C=O) groups excluding carboxylic acids is 2. The van der Waals surface area contributed by atoms with Crippen molar-refractivity contribution >= 4 is 22.8 Å². The summed E-state index contributed by atoms with van der Waals surface area (Å²) in [6, 6.07) is 8.90. The standard InChI is InChI=1S/C20H24N4O3/c1-13(9-10-21-19(25)17-6-5-11-23(17)3)24(4)20(26)15-7-8-18-16(12-15)14(2)22-27-18/h5-8,11-13H,9-10H2,1-4H3,(H,21,25). The van der Waals surface area contributed by atoms with Gasteiger partial charge in [0.1, 0.15) is 5.69 Å². The van der Waals surface area contributed by atoms with Gasteiger partial charge in [-0.25, -0.2) is 0 Å². The summed E-state index contributed by atoms with van der Waals surface area (Å²) < 4.78 is 6.96. The third kappa shape index (κ3) is 3.86. The van der Waals surface area contributed by atoms with E-state index in [0.29, 0.717) is 29.8 Å². The molecule has 1 aromatic carbocycles. The van der Waals surface area contributed by atoms with Gasteiger partial charge in [-0.1, -0.05) is 5.16 Å². The van der Waals surface area contributed by atoms with Crippen LogP contribution in [0, 0.1) is 6.92 Å². The molecule has 0 fully saturated rings. The van der Waals surface area contributed by atoms with Crippen LogP contribution in [0.4, 0.5) is 0 Å². The zero-order valence-electron chi connectivity index (χ0n) is 16.0. The second-order valence-corrected chi connectivity index (χ2v) is 6.79. The van der Waals surface area contributed by atoms with E-state index in [0.717, 1.165) is 11.1 Å². The molecule has 0 aliphatic carbocycles. The molecule has 0 bridgehead atoms. The fraction of sp³-hybridized carbons (Fsp3) is 0.350. The largest absolute Gasteiger partial charge is 0.356 e. The Kier molecular flexibility index (Phi) is 5.30. The van der Waals surface area contributed by atoms with Gasteiger partial charge in [0.25, 0.3) is 11.8 Å². The molecule has 27 heavy (non-hydrogen) atoms. The number of nitrogens with zero attached hydrogens (tertiary/aromatic N) is 3. The third-order valence-electron chi connectivity index (χ3n) is 4.90. The van der Waals surface area contributed by atoms with Crippen LogP contribution in [0.15, 0.2) is 41.1 Å². The van der Waals surface area contributed by atoms with Crippen LogP contribution in [0.2, 0.25) is 0 Å². The molecule has 7 heteroatoms. The summed E-state index contributed by atoms with van der Waals surface area (Å²) >= 11 is 0. The Morgan fingerprint density at radius 3 is 2.81 bits per heavy atom. The van der Waals surface area contributed by atoms with Gasteiger partial charge in [0.15, 0.2) is 5.58 Å². The maximum atomic E-state index is 12.8. The number of fused-ring (bicyclic) bond motifs is 1. The lowest BCUT2D eigenvalue weighted by Gasteiger charge is -2.25. The smallest absolute Gasteiger partial charge is 0.267 e. The number of hydrogen-bond acceptors (Lipinski definition) is 4. The van der Waals surface area contributed by atoms with Gasteiger partial charge in [0, 0.05) is 43.8 Å². The lowest BCUT2D eigenvalue weighted by atomic mass is 10.1. The van der Waals surface area contributed by atoms with Crippen molar-refractivity contribution in [2.75, 3.05) is 13.6 Å². The van der Waals surface area contributed by atoms with Crippen molar-refractivity contribution in [3.63, 3.8) is 0 Å². The normalized spacial score (nSPS) is 12.1. The van der Waals surface area contributed by atoms with Crippen LogP contribution in [0.1, 0.15) is 39.9 Å². The number of carbonyl (C=O) groups is 2. The van der Waals surface area contributed by atoms with Crippen LogP contribution in [-0.2, 0) is 7.05 Å². The Morgan fingerprint density at radius 2 is 2.11 bits per heavy atom. The van der Waals surface area contributed by atoms with Gasteiger partial charge in [0.2, 0.25) is 0 Å². The molecule has 0 aliphatic rings. The van der Waals surface area contributed by atoms with E-state index in [1.54, 1.807) is 34.7 Å². The molecule has 2 heterocycles. The van der Waals surface area contributed by atoms with Gasteiger partial charge in [-0.2, -0.15) is 0 Å². The second kappa shape index (κ2) is 7.65. The van der Waals surface area contributed by atoms with Crippen molar-refractivity contribution in [3.05, 3.63) is 53.5 Å². The summed E-state index contributed by atoms with van der Waals surface area (Å²) in [4.78, 5) is 26.6. The Hall–Kier alpha value is -3.09. The molecule has 2 amide bonds. The minimum atomic E-state index is -0.114. The predicted molar refractivity (Wildman–Crippen MR) is 103 cm³/mol. The van der Waals surface area contributed by atoms with Crippen molar-refractivity contribution < 1.29 is 14.1 Å². The number of benzene rings is 1. The Balaban J connectivity index is 1.58. The SMILES string of the molecule is Cc1noc2ccc(C(=O)N(C)C(C)CCNC(=O)c3cccn3C)cc12. The zero-order valence-corrected chi connectivity index (χ0v) is 16.0. The molecule has 1 atom stereocenters. The van der Waals surface area contributed by atoms with Crippen molar-refractivity contribution in [1.82, 2.24) is 19.9 Å². The van der Waals surface area contributed by atoms with Gasteiger partial charge >= 0.3 is 0 Å². The Labute approximate surface area is 157 Å².